The van der Waals surface area contributed by atoms with Gasteiger partial charge in [0.1, 0.15) is 12.3 Å². The molecule has 0 fully saturated rings. The third-order valence-corrected chi connectivity index (χ3v) is 3.35. The van der Waals surface area contributed by atoms with E-state index in [0.717, 1.165) is 0 Å². The van der Waals surface area contributed by atoms with E-state index in [1.807, 2.05) is 12.1 Å². The summed E-state index contributed by atoms with van der Waals surface area (Å²) in [5.74, 6) is 1.00. The molecule has 24 heavy (non-hydrogen) atoms. The second kappa shape index (κ2) is 7.96. The lowest BCUT2D eigenvalue weighted by atomic mass is 10.1. The third-order valence-electron chi connectivity index (χ3n) is 3.35. The number of Topliss-reactive ketones (excluding diaryl/α,β-unsaturated/α-hetero) is 1. The van der Waals surface area contributed by atoms with Gasteiger partial charge in [-0.2, -0.15) is 0 Å². The predicted octanol–water partition coefficient (Wildman–Crippen LogP) is 3.30. The summed E-state index contributed by atoms with van der Waals surface area (Å²) in [4.78, 5) is 22.0. The highest BCUT2D eigenvalue weighted by Gasteiger charge is 2.15. The summed E-state index contributed by atoms with van der Waals surface area (Å²) in [6.45, 7) is 2.03. The number of carbonyl (C=O) groups excluding carboxylic acids is 1. The Bertz CT molecular complexity index is 746. The Morgan fingerprint density at radius 3 is 2.54 bits per heavy atom. The van der Waals surface area contributed by atoms with Crippen molar-refractivity contribution in [3.8, 4) is 11.5 Å². The molecule has 7 nitrogen and oxygen atoms in total. The maximum atomic E-state index is 11.3. The lowest BCUT2D eigenvalue weighted by Crippen LogP contribution is -2.13. The number of methoxy groups -OCH3 is 1. The molecule has 0 radical (unpaired) electrons. The fourth-order valence-corrected chi connectivity index (χ4v) is 2.14. The molecule has 0 saturated carbocycles. The molecule has 2 rings (SSSR count). The molecule has 0 amide bonds. The maximum Gasteiger partial charge on any atom is 0.293 e. The smallest absolute Gasteiger partial charge is 0.293 e. The van der Waals surface area contributed by atoms with Gasteiger partial charge >= 0.3 is 0 Å². The number of nitrogens with zero attached hydrogens (tertiary/aromatic N) is 1. The maximum absolute atomic E-state index is 11.3. The first-order valence-electron chi connectivity index (χ1n) is 7.32. The van der Waals surface area contributed by atoms with Crippen LogP contribution in [-0.2, 0) is 0 Å². The van der Waals surface area contributed by atoms with Crippen LogP contribution in [0.3, 0.4) is 0 Å². The van der Waals surface area contributed by atoms with Crippen molar-refractivity contribution in [2.45, 2.75) is 6.92 Å². The first kappa shape index (κ1) is 17.3. The number of hydrogen-bond acceptors (Lipinski definition) is 6. The third kappa shape index (κ3) is 4.22. The molecule has 0 aromatic heterocycles. The number of nitro benzene ring substituents is 1. The molecule has 0 aliphatic heterocycles. The van der Waals surface area contributed by atoms with Crippen molar-refractivity contribution in [2.24, 2.45) is 0 Å². The molecule has 0 aliphatic carbocycles. The first-order valence-corrected chi connectivity index (χ1v) is 7.32. The molecule has 0 aliphatic rings. The zero-order valence-corrected chi connectivity index (χ0v) is 13.4. The van der Waals surface area contributed by atoms with Gasteiger partial charge in [-0.15, -0.1) is 0 Å². The molecule has 0 heterocycles. The van der Waals surface area contributed by atoms with Crippen molar-refractivity contribution in [1.29, 1.82) is 0 Å². The SMILES string of the molecule is COc1ccccc1OCCNc1ccc(C(C)=O)cc1[N+](=O)[O-]. The predicted molar refractivity (Wildman–Crippen MR) is 90.1 cm³/mol. The minimum absolute atomic E-state index is 0.139. The van der Waals surface area contributed by atoms with Crippen molar-refractivity contribution in [3.05, 3.63) is 58.1 Å². The number of benzene rings is 2. The Hall–Kier alpha value is -3.09. The summed E-state index contributed by atoms with van der Waals surface area (Å²) in [6.07, 6.45) is 0. The zero-order valence-electron chi connectivity index (χ0n) is 13.4. The highest BCUT2D eigenvalue weighted by molar-refractivity contribution is 5.95. The number of nitro groups is 1. The lowest BCUT2D eigenvalue weighted by Gasteiger charge is -2.11. The number of carbonyl (C=O) groups is 1. The summed E-state index contributed by atoms with van der Waals surface area (Å²) in [5, 5.41) is 14.1. The summed E-state index contributed by atoms with van der Waals surface area (Å²) >= 11 is 0. The highest BCUT2D eigenvalue weighted by atomic mass is 16.6. The minimum Gasteiger partial charge on any atom is -0.493 e. The largest absolute Gasteiger partial charge is 0.493 e. The molecule has 0 unspecified atom stereocenters. The Labute approximate surface area is 139 Å². The highest BCUT2D eigenvalue weighted by Crippen LogP contribution is 2.27. The van der Waals surface area contributed by atoms with Gasteiger partial charge in [-0.3, -0.25) is 14.9 Å². The number of nitrogens with one attached hydrogen (secondary N) is 1. The van der Waals surface area contributed by atoms with Crippen LogP contribution < -0.4 is 14.8 Å². The topological polar surface area (TPSA) is 90.7 Å². The van der Waals surface area contributed by atoms with Crippen LogP contribution >= 0.6 is 0 Å². The van der Waals surface area contributed by atoms with E-state index < -0.39 is 4.92 Å². The van der Waals surface area contributed by atoms with Gasteiger partial charge in [-0.1, -0.05) is 12.1 Å². The minimum atomic E-state index is -0.518. The molecular formula is C17H18N2O5. The lowest BCUT2D eigenvalue weighted by molar-refractivity contribution is -0.384. The second-order valence-corrected chi connectivity index (χ2v) is 4.97. The number of ether oxygens (including phenoxy) is 2. The van der Waals surface area contributed by atoms with Gasteiger partial charge in [0.25, 0.3) is 5.69 Å². The van der Waals surface area contributed by atoms with Gasteiger partial charge in [0, 0.05) is 18.2 Å². The Kier molecular flexibility index (Phi) is 5.73. The second-order valence-electron chi connectivity index (χ2n) is 4.97. The summed E-state index contributed by atoms with van der Waals surface area (Å²) in [5.41, 5.74) is 0.506. The molecule has 2 aromatic carbocycles. The van der Waals surface area contributed by atoms with Crippen molar-refractivity contribution in [2.75, 3.05) is 25.6 Å². The van der Waals surface area contributed by atoms with Crippen LogP contribution in [0, 0.1) is 10.1 Å². The van der Waals surface area contributed by atoms with Crippen LogP contribution in [0.25, 0.3) is 0 Å². The van der Waals surface area contributed by atoms with E-state index >= 15 is 0 Å². The van der Waals surface area contributed by atoms with Crippen LogP contribution in [0.5, 0.6) is 11.5 Å². The standard InChI is InChI=1S/C17H18N2O5/c1-12(20)13-7-8-14(15(11-13)19(21)22)18-9-10-24-17-6-4-3-5-16(17)23-2/h3-8,11,18H,9-10H2,1-2H3. The Morgan fingerprint density at radius 1 is 1.21 bits per heavy atom. The monoisotopic (exact) mass is 330 g/mol. The zero-order chi connectivity index (χ0) is 17.5. The van der Waals surface area contributed by atoms with Crippen molar-refractivity contribution in [3.63, 3.8) is 0 Å². The summed E-state index contributed by atoms with van der Waals surface area (Å²) in [7, 11) is 1.56. The number of hydrogen-bond donors (Lipinski definition) is 1. The van der Waals surface area contributed by atoms with Gasteiger partial charge in [-0.25, -0.2) is 0 Å². The van der Waals surface area contributed by atoms with Crippen LogP contribution in [0.2, 0.25) is 0 Å². The van der Waals surface area contributed by atoms with Crippen LogP contribution in [0.15, 0.2) is 42.5 Å². The van der Waals surface area contributed by atoms with Crippen LogP contribution in [-0.4, -0.2) is 31.0 Å². The van der Waals surface area contributed by atoms with Crippen molar-refractivity contribution < 1.29 is 19.2 Å². The molecule has 7 heteroatoms. The summed E-state index contributed by atoms with van der Waals surface area (Å²) in [6, 6.07) is 11.6. The molecule has 0 atom stereocenters. The van der Waals surface area contributed by atoms with Gasteiger partial charge in [0.05, 0.1) is 12.0 Å². The average Bonchev–Trinajstić information content (AvgIpc) is 2.58. The fourth-order valence-electron chi connectivity index (χ4n) is 2.14. The average molecular weight is 330 g/mol. The normalized spacial score (nSPS) is 10.1. The van der Waals surface area contributed by atoms with E-state index in [0.29, 0.717) is 35.9 Å². The Morgan fingerprint density at radius 2 is 1.92 bits per heavy atom. The number of ketones is 1. The quantitative estimate of drug-likeness (QED) is 0.346. The molecule has 0 spiro atoms. The van der Waals surface area contributed by atoms with Crippen LogP contribution in [0.1, 0.15) is 17.3 Å². The van der Waals surface area contributed by atoms with E-state index in [9.17, 15) is 14.9 Å². The molecule has 2 aromatic rings. The number of rotatable bonds is 8. The first-order chi connectivity index (χ1) is 11.5. The number of para-hydroxylation sites is 2. The molecule has 0 saturated heterocycles. The van der Waals surface area contributed by atoms with E-state index in [2.05, 4.69) is 5.32 Å². The van der Waals surface area contributed by atoms with Crippen molar-refractivity contribution >= 4 is 17.2 Å². The number of anilines is 1. The fraction of sp³-hybridized carbons (Fsp3) is 0.235. The van der Waals surface area contributed by atoms with E-state index in [1.165, 1.54) is 19.1 Å². The van der Waals surface area contributed by atoms with Crippen LogP contribution in [0.4, 0.5) is 11.4 Å². The molecule has 126 valence electrons. The van der Waals surface area contributed by atoms with Gasteiger partial charge in [0.2, 0.25) is 0 Å². The molecular weight excluding hydrogens is 312 g/mol. The molecule has 1 N–H and O–H groups in total. The van der Waals surface area contributed by atoms with E-state index in [1.54, 1.807) is 25.3 Å². The van der Waals surface area contributed by atoms with E-state index in [4.69, 9.17) is 9.47 Å². The van der Waals surface area contributed by atoms with Crippen molar-refractivity contribution in [1.82, 2.24) is 0 Å². The Balaban J connectivity index is 1.99. The van der Waals surface area contributed by atoms with E-state index in [-0.39, 0.29) is 11.5 Å². The van der Waals surface area contributed by atoms with Gasteiger partial charge in [-0.05, 0) is 31.2 Å². The van der Waals surface area contributed by atoms with Gasteiger partial charge in [0.15, 0.2) is 17.3 Å². The summed E-state index contributed by atoms with van der Waals surface area (Å²) < 4.78 is 10.8. The van der Waals surface area contributed by atoms with Gasteiger partial charge < -0.3 is 14.8 Å². The molecule has 0 bridgehead atoms.